The van der Waals surface area contributed by atoms with Gasteiger partial charge in [0.1, 0.15) is 10.8 Å². The van der Waals surface area contributed by atoms with Crippen molar-refractivity contribution in [2.45, 2.75) is 64.1 Å². The number of nitrogens with one attached hydrogen (secondary N) is 1. The van der Waals surface area contributed by atoms with Gasteiger partial charge in [-0.1, -0.05) is 31.0 Å². The number of aromatic nitrogens is 3. The number of nitrogens with two attached hydrogens (primary N) is 1. The standard InChI is InChI=1S/C20H27N5O4S2/c1-4-29-19(28)15-11(2)16(17(21)27)31-18(15)22-14(26)10-30-20-24-23-12(3)25(20)13-8-6-5-7-9-13/h13H,4-10H2,1-3H3,(H2,21,27)(H,22,26). The van der Waals surface area contributed by atoms with Crippen LogP contribution in [0.4, 0.5) is 5.00 Å². The lowest BCUT2D eigenvalue weighted by molar-refractivity contribution is -0.113. The summed E-state index contributed by atoms with van der Waals surface area (Å²) < 4.78 is 7.20. The number of anilines is 1. The van der Waals surface area contributed by atoms with Crippen molar-refractivity contribution >= 4 is 45.9 Å². The number of nitrogens with zero attached hydrogens (tertiary/aromatic N) is 3. The summed E-state index contributed by atoms with van der Waals surface area (Å²) in [6, 6.07) is 0.364. The molecule has 0 radical (unpaired) electrons. The first-order valence-electron chi connectivity index (χ1n) is 10.3. The Kier molecular flexibility index (Phi) is 7.71. The normalized spacial score (nSPS) is 14.4. The van der Waals surface area contributed by atoms with E-state index in [9.17, 15) is 14.4 Å². The molecule has 0 saturated heterocycles. The summed E-state index contributed by atoms with van der Waals surface area (Å²) in [5.41, 5.74) is 5.99. The lowest BCUT2D eigenvalue weighted by atomic mass is 9.95. The van der Waals surface area contributed by atoms with Gasteiger partial charge in [-0.15, -0.1) is 21.5 Å². The quantitative estimate of drug-likeness (QED) is 0.451. The maximum absolute atomic E-state index is 12.7. The minimum absolute atomic E-state index is 0.0932. The van der Waals surface area contributed by atoms with Gasteiger partial charge < -0.3 is 20.4 Å². The molecule has 2 aromatic heterocycles. The molecule has 1 fully saturated rings. The summed E-state index contributed by atoms with van der Waals surface area (Å²) >= 11 is 2.28. The number of carbonyl (C=O) groups excluding carboxylic acids is 3. The predicted molar refractivity (Wildman–Crippen MR) is 120 cm³/mol. The van der Waals surface area contributed by atoms with Crippen LogP contribution in [0.25, 0.3) is 0 Å². The molecule has 2 amide bonds. The summed E-state index contributed by atoms with van der Waals surface area (Å²) in [5.74, 6) is -0.628. The maximum Gasteiger partial charge on any atom is 0.341 e. The van der Waals surface area contributed by atoms with Crippen LogP contribution in [0.2, 0.25) is 0 Å². The van der Waals surface area contributed by atoms with Crippen LogP contribution in [-0.4, -0.2) is 44.9 Å². The maximum atomic E-state index is 12.7. The van der Waals surface area contributed by atoms with E-state index in [1.807, 2.05) is 6.92 Å². The number of primary amides is 1. The third kappa shape index (κ3) is 5.27. The molecule has 1 aliphatic carbocycles. The molecule has 1 saturated carbocycles. The topological polar surface area (TPSA) is 129 Å². The van der Waals surface area contributed by atoms with Gasteiger partial charge in [0.2, 0.25) is 5.91 Å². The Morgan fingerprint density at radius 1 is 1.23 bits per heavy atom. The average Bonchev–Trinajstić information content (AvgIpc) is 3.26. The number of amides is 2. The van der Waals surface area contributed by atoms with Crippen molar-refractivity contribution in [3.63, 3.8) is 0 Å². The molecule has 168 valence electrons. The Morgan fingerprint density at radius 2 is 1.94 bits per heavy atom. The van der Waals surface area contributed by atoms with E-state index < -0.39 is 11.9 Å². The molecule has 31 heavy (non-hydrogen) atoms. The van der Waals surface area contributed by atoms with E-state index in [0.29, 0.717) is 16.8 Å². The first-order valence-corrected chi connectivity index (χ1v) is 12.1. The Balaban J connectivity index is 1.73. The minimum Gasteiger partial charge on any atom is -0.462 e. The van der Waals surface area contributed by atoms with E-state index in [0.717, 1.165) is 30.0 Å². The molecule has 2 heterocycles. The molecule has 9 nitrogen and oxygen atoms in total. The molecular formula is C20H27N5O4S2. The van der Waals surface area contributed by atoms with Gasteiger partial charge in [-0.25, -0.2) is 4.79 Å². The van der Waals surface area contributed by atoms with Crippen LogP contribution in [0.15, 0.2) is 5.16 Å². The van der Waals surface area contributed by atoms with Gasteiger partial charge in [-0.2, -0.15) is 0 Å². The molecule has 2 aromatic rings. The number of aryl methyl sites for hydroxylation is 1. The van der Waals surface area contributed by atoms with Gasteiger partial charge in [0.05, 0.1) is 22.8 Å². The number of thioether (sulfide) groups is 1. The highest BCUT2D eigenvalue weighted by Gasteiger charge is 2.26. The van der Waals surface area contributed by atoms with Crippen LogP contribution in [0.3, 0.4) is 0 Å². The molecule has 0 bridgehead atoms. The van der Waals surface area contributed by atoms with Crippen molar-refractivity contribution in [2.75, 3.05) is 17.7 Å². The number of esters is 1. The highest BCUT2D eigenvalue weighted by molar-refractivity contribution is 7.99. The average molecular weight is 466 g/mol. The smallest absolute Gasteiger partial charge is 0.341 e. The number of hydrogen-bond donors (Lipinski definition) is 2. The molecule has 0 aromatic carbocycles. The fraction of sp³-hybridized carbons (Fsp3) is 0.550. The Labute approximate surface area is 189 Å². The molecule has 0 aliphatic heterocycles. The van der Waals surface area contributed by atoms with Gasteiger partial charge in [-0.05, 0) is 39.2 Å². The van der Waals surface area contributed by atoms with Crippen LogP contribution in [0.1, 0.15) is 76.5 Å². The Bertz CT molecular complexity index is 979. The Hall–Kier alpha value is -2.40. The molecule has 0 spiro atoms. The Morgan fingerprint density at radius 3 is 2.58 bits per heavy atom. The van der Waals surface area contributed by atoms with Crippen LogP contribution in [-0.2, 0) is 9.53 Å². The van der Waals surface area contributed by atoms with E-state index in [4.69, 9.17) is 10.5 Å². The van der Waals surface area contributed by atoms with Crippen molar-refractivity contribution < 1.29 is 19.1 Å². The minimum atomic E-state index is -0.654. The third-order valence-electron chi connectivity index (χ3n) is 5.21. The molecule has 0 atom stereocenters. The van der Waals surface area contributed by atoms with Crippen molar-refractivity contribution in [2.24, 2.45) is 5.73 Å². The first kappa shape index (κ1) is 23.3. The SMILES string of the molecule is CCOC(=O)c1c(NC(=O)CSc2nnc(C)n2C2CCCCC2)sc(C(N)=O)c1C. The van der Waals surface area contributed by atoms with E-state index in [1.54, 1.807) is 13.8 Å². The summed E-state index contributed by atoms with van der Waals surface area (Å²) in [6.45, 7) is 5.41. The number of hydrogen-bond acceptors (Lipinski definition) is 8. The van der Waals surface area contributed by atoms with Crippen molar-refractivity contribution in [1.29, 1.82) is 0 Å². The van der Waals surface area contributed by atoms with Gasteiger partial charge >= 0.3 is 5.97 Å². The van der Waals surface area contributed by atoms with E-state index in [2.05, 4.69) is 20.1 Å². The largest absolute Gasteiger partial charge is 0.462 e. The first-order chi connectivity index (χ1) is 14.8. The third-order valence-corrected chi connectivity index (χ3v) is 7.38. The predicted octanol–water partition coefficient (Wildman–Crippen LogP) is 3.47. The summed E-state index contributed by atoms with van der Waals surface area (Å²) in [6.07, 6.45) is 5.80. The summed E-state index contributed by atoms with van der Waals surface area (Å²) in [5, 5.41) is 12.2. The second-order valence-electron chi connectivity index (χ2n) is 7.37. The molecule has 0 unspecified atom stereocenters. The second kappa shape index (κ2) is 10.3. The summed E-state index contributed by atoms with van der Waals surface area (Å²) in [7, 11) is 0. The van der Waals surface area contributed by atoms with Crippen LogP contribution >= 0.6 is 23.1 Å². The number of carbonyl (C=O) groups is 3. The van der Waals surface area contributed by atoms with Crippen molar-refractivity contribution in [1.82, 2.24) is 14.8 Å². The molecule has 11 heteroatoms. The fourth-order valence-electron chi connectivity index (χ4n) is 3.79. The van der Waals surface area contributed by atoms with Gasteiger partial charge in [0.25, 0.3) is 5.91 Å². The van der Waals surface area contributed by atoms with Crippen LogP contribution in [0, 0.1) is 13.8 Å². The van der Waals surface area contributed by atoms with E-state index >= 15 is 0 Å². The van der Waals surface area contributed by atoms with Crippen LogP contribution < -0.4 is 11.1 Å². The van der Waals surface area contributed by atoms with Gasteiger partial charge in [0, 0.05) is 6.04 Å². The van der Waals surface area contributed by atoms with Gasteiger partial charge in [0.15, 0.2) is 5.16 Å². The number of ether oxygens (including phenoxy) is 1. The van der Waals surface area contributed by atoms with Crippen molar-refractivity contribution in [3.05, 3.63) is 21.8 Å². The number of thiophene rings is 1. The van der Waals surface area contributed by atoms with E-state index in [1.165, 1.54) is 31.0 Å². The lowest BCUT2D eigenvalue weighted by Gasteiger charge is -2.24. The zero-order valence-electron chi connectivity index (χ0n) is 17.9. The highest BCUT2D eigenvalue weighted by Crippen LogP contribution is 2.35. The zero-order valence-corrected chi connectivity index (χ0v) is 19.5. The van der Waals surface area contributed by atoms with Crippen LogP contribution in [0.5, 0.6) is 0 Å². The molecule has 3 rings (SSSR count). The second-order valence-corrected chi connectivity index (χ2v) is 9.34. The molecule has 3 N–H and O–H groups in total. The zero-order chi connectivity index (χ0) is 22.5. The monoisotopic (exact) mass is 465 g/mol. The number of rotatable bonds is 8. The lowest BCUT2D eigenvalue weighted by Crippen LogP contribution is -2.18. The highest BCUT2D eigenvalue weighted by atomic mass is 32.2. The van der Waals surface area contributed by atoms with E-state index in [-0.39, 0.29) is 33.7 Å². The summed E-state index contributed by atoms with van der Waals surface area (Å²) in [4.78, 5) is 36.9. The van der Waals surface area contributed by atoms with Crippen molar-refractivity contribution in [3.8, 4) is 0 Å². The fourth-order valence-corrected chi connectivity index (χ4v) is 5.70. The van der Waals surface area contributed by atoms with Gasteiger partial charge in [-0.3, -0.25) is 9.59 Å². The molecule has 1 aliphatic rings. The molecular weight excluding hydrogens is 438 g/mol.